The Labute approximate surface area is 197 Å². The molecule has 178 valence electrons. The molecule has 0 aromatic heterocycles. The first-order chi connectivity index (χ1) is 16.5. The van der Waals surface area contributed by atoms with E-state index >= 15 is 0 Å². The summed E-state index contributed by atoms with van der Waals surface area (Å²) in [5, 5.41) is 14.8. The van der Waals surface area contributed by atoms with Crippen molar-refractivity contribution in [3.8, 4) is 11.1 Å². The van der Waals surface area contributed by atoms with Crippen LogP contribution in [0.2, 0.25) is 0 Å². The van der Waals surface area contributed by atoms with Crippen molar-refractivity contribution in [3.05, 3.63) is 59.7 Å². The van der Waals surface area contributed by atoms with Gasteiger partial charge in [0.2, 0.25) is 0 Å². The summed E-state index contributed by atoms with van der Waals surface area (Å²) in [6.45, 7) is 0.553. The highest BCUT2D eigenvalue weighted by Crippen LogP contribution is 2.44. The fraction of sp³-hybridized carbons (Fsp3) is 0.423. The van der Waals surface area contributed by atoms with Crippen LogP contribution < -0.4 is 10.6 Å². The molecule has 2 amide bonds. The molecule has 2 aliphatic carbocycles. The Kier molecular flexibility index (Phi) is 6.24. The molecule has 0 spiro atoms. The third kappa shape index (κ3) is 4.37. The number of carboxylic acid groups (broad SMARTS) is 1. The molecule has 5 rings (SSSR count). The van der Waals surface area contributed by atoms with Gasteiger partial charge < -0.3 is 25.2 Å². The summed E-state index contributed by atoms with van der Waals surface area (Å²) < 4.78 is 11.2. The number of rotatable bonds is 6. The van der Waals surface area contributed by atoms with Gasteiger partial charge in [-0.05, 0) is 47.9 Å². The monoisotopic (exact) mass is 464 g/mol. The third-order valence-corrected chi connectivity index (χ3v) is 7.13. The van der Waals surface area contributed by atoms with Crippen LogP contribution in [-0.2, 0) is 19.1 Å². The topological polar surface area (TPSA) is 114 Å². The van der Waals surface area contributed by atoms with Crippen molar-refractivity contribution in [1.82, 2.24) is 10.6 Å². The molecule has 34 heavy (non-hydrogen) atoms. The maximum atomic E-state index is 12.7. The molecule has 2 unspecified atom stereocenters. The molecule has 2 aromatic carbocycles. The van der Waals surface area contributed by atoms with E-state index in [2.05, 4.69) is 34.9 Å². The van der Waals surface area contributed by atoms with Crippen LogP contribution >= 0.6 is 0 Å². The number of aliphatic carboxylic acids is 1. The Morgan fingerprint density at radius 3 is 2.26 bits per heavy atom. The molecule has 2 fully saturated rings. The van der Waals surface area contributed by atoms with Crippen LogP contribution in [0.3, 0.4) is 0 Å². The number of hydrogen-bond acceptors (Lipinski definition) is 5. The van der Waals surface area contributed by atoms with E-state index in [1.165, 1.54) is 0 Å². The smallest absolute Gasteiger partial charge is 0.407 e. The summed E-state index contributed by atoms with van der Waals surface area (Å²) in [6, 6.07) is 15.6. The van der Waals surface area contributed by atoms with Crippen molar-refractivity contribution in [2.75, 3.05) is 13.2 Å². The molecule has 4 atom stereocenters. The molecule has 8 nitrogen and oxygen atoms in total. The van der Waals surface area contributed by atoms with E-state index < -0.39 is 30.1 Å². The fourth-order valence-electron chi connectivity index (χ4n) is 5.41. The lowest BCUT2D eigenvalue weighted by Crippen LogP contribution is -2.50. The number of ether oxygens (including phenoxy) is 2. The molecule has 1 saturated carbocycles. The molecule has 0 bridgehead atoms. The SMILES string of the molecule is O=C(N[C@@H]1CCO[C@@H]1C(=O)NC1CCC(C(=O)O)C1)OCC1c2ccccc2-c2ccccc21. The number of nitrogens with one attached hydrogen (secondary N) is 2. The van der Waals surface area contributed by atoms with Gasteiger partial charge in [0.15, 0.2) is 6.10 Å². The molecule has 3 N–H and O–H groups in total. The Morgan fingerprint density at radius 2 is 1.62 bits per heavy atom. The molecule has 1 aliphatic heterocycles. The fourth-order valence-corrected chi connectivity index (χ4v) is 5.41. The zero-order valence-electron chi connectivity index (χ0n) is 18.7. The van der Waals surface area contributed by atoms with Crippen LogP contribution in [0, 0.1) is 5.92 Å². The lowest BCUT2D eigenvalue weighted by molar-refractivity contribution is -0.141. The van der Waals surface area contributed by atoms with Gasteiger partial charge in [-0.3, -0.25) is 9.59 Å². The largest absolute Gasteiger partial charge is 0.481 e. The zero-order chi connectivity index (χ0) is 23.7. The van der Waals surface area contributed by atoms with E-state index in [0.29, 0.717) is 32.3 Å². The van der Waals surface area contributed by atoms with Crippen molar-refractivity contribution >= 4 is 18.0 Å². The van der Waals surface area contributed by atoms with E-state index in [4.69, 9.17) is 14.6 Å². The van der Waals surface area contributed by atoms with Crippen LogP contribution in [0.4, 0.5) is 4.79 Å². The maximum absolute atomic E-state index is 12.7. The lowest BCUT2D eigenvalue weighted by Gasteiger charge is -2.22. The summed E-state index contributed by atoms with van der Waals surface area (Å²) in [4.78, 5) is 36.5. The highest BCUT2D eigenvalue weighted by Gasteiger charge is 2.38. The van der Waals surface area contributed by atoms with E-state index in [0.717, 1.165) is 22.3 Å². The van der Waals surface area contributed by atoms with Gasteiger partial charge >= 0.3 is 12.1 Å². The van der Waals surface area contributed by atoms with Crippen LogP contribution in [0.1, 0.15) is 42.7 Å². The van der Waals surface area contributed by atoms with Gasteiger partial charge in [-0.1, -0.05) is 48.5 Å². The van der Waals surface area contributed by atoms with Crippen molar-refractivity contribution < 1.29 is 29.0 Å². The van der Waals surface area contributed by atoms with Crippen molar-refractivity contribution in [2.24, 2.45) is 5.92 Å². The standard InChI is InChI=1S/C26H28N2O6/c29-24(27-16-10-9-15(13-16)25(30)31)23-22(11-12-33-23)28-26(32)34-14-21-19-7-3-1-5-17(19)18-6-2-4-8-20(18)21/h1-8,15-16,21-23H,9-14H2,(H,27,29)(H,28,32)(H,30,31)/t15?,16?,22-,23+/m1/s1. The molecule has 1 heterocycles. The number of amides is 2. The van der Waals surface area contributed by atoms with Crippen molar-refractivity contribution in [3.63, 3.8) is 0 Å². The maximum Gasteiger partial charge on any atom is 0.407 e. The molecule has 1 saturated heterocycles. The van der Waals surface area contributed by atoms with Crippen LogP contribution in [0.5, 0.6) is 0 Å². The Morgan fingerprint density at radius 1 is 0.941 bits per heavy atom. The normalized spacial score (nSPS) is 25.4. The Hall–Kier alpha value is -3.39. The number of carboxylic acids is 1. The van der Waals surface area contributed by atoms with Crippen LogP contribution in [0.25, 0.3) is 11.1 Å². The first-order valence-electron chi connectivity index (χ1n) is 11.8. The highest BCUT2D eigenvalue weighted by atomic mass is 16.6. The summed E-state index contributed by atoms with van der Waals surface area (Å²) in [7, 11) is 0. The highest BCUT2D eigenvalue weighted by molar-refractivity contribution is 5.83. The molecule has 0 radical (unpaired) electrons. The third-order valence-electron chi connectivity index (χ3n) is 7.13. The number of carbonyl (C=O) groups excluding carboxylic acids is 2. The minimum absolute atomic E-state index is 0.0402. The van der Waals surface area contributed by atoms with Crippen molar-refractivity contribution in [1.29, 1.82) is 0 Å². The second kappa shape index (κ2) is 9.46. The lowest BCUT2D eigenvalue weighted by atomic mass is 9.98. The van der Waals surface area contributed by atoms with Crippen LogP contribution in [-0.4, -0.2) is 54.5 Å². The van der Waals surface area contributed by atoms with E-state index in [1.54, 1.807) is 0 Å². The first kappa shape index (κ1) is 22.4. The minimum atomic E-state index is -0.830. The number of fused-ring (bicyclic) bond motifs is 3. The Bertz CT molecular complexity index is 1060. The van der Waals surface area contributed by atoms with Crippen LogP contribution in [0.15, 0.2) is 48.5 Å². The molecule has 8 heteroatoms. The van der Waals surface area contributed by atoms with E-state index in [9.17, 15) is 14.4 Å². The van der Waals surface area contributed by atoms with Gasteiger partial charge in [0.05, 0.1) is 12.0 Å². The van der Waals surface area contributed by atoms with Gasteiger partial charge in [-0.2, -0.15) is 0 Å². The average molecular weight is 465 g/mol. The van der Waals surface area contributed by atoms with Gasteiger partial charge in [-0.15, -0.1) is 0 Å². The molecular weight excluding hydrogens is 436 g/mol. The predicted molar refractivity (Wildman–Crippen MR) is 123 cm³/mol. The van der Waals surface area contributed by atoms with E-state index in [-0.39, 0.29) is 24.5 Å². The first-order valence-corrected chi connectivity index (χ1v) is 11.8. The number of benzene rings is 2. The van der Waals surface area contributed by atoms with Gasteiger partial charge in [-0.25, -0.2) is 4.79 Å². The molecule has 3 aliphatic rings. The number of carbonyl (C=O) groups is 3. The van der Waals surface area contributed by atoms with Gasteiger partial charge in [0, 0.05) is 18.6 Å². The summed E-state index contributed by atoms with van der Waals surface area (Å²) in [5.74, 6) is -1.62. The number of hydrogen-bond donors (Lipinski definition) is 3. The predicted octanol–water partition coefficient (Wildman–Crippen LogP) is 3.05. The van der Waals surface area contributed by atoms with Gasteiger partial charge in [0.1, 0.15) is 6.61 Å². The molecular formula is C26H28N2O6. The summed E-state index contributed by atoms with van der Waals surface area (Å²) in [5.41, 5.74) is 4.58. The zero-order valence-corrected chi connectivity index (χ0v) is 18.7. The summed E-state index contributed by atoms with van der Waals surface area (Å²) in [6.07, 6.45) is 0.696. The quantitative estimate of drug-likeness (QED) is 0.606. The summed E-state index contributed by atoms with van der Waals surface area (Å²) >= 11 is 0. The second-order valence-electron chi connectivity index (χ2n) is 9.21. The number of alkyl carbamates (subject to hydrolysis) is 1. The van der Waals surface area contributed by atoms with E-state index in [1.807, 2.05) is 24.3 Å². The van der Waals surface area contributed by atoms with Crippen molar-refractivity contribution in [2.45, 2.75) is 49.8 Å². The minimum Gasteiger partial charge on any atom is -0.481 e. The molecule has 2 aromatic rings. The Balaban J connectivity index is 1.17. The second-order valence-corrected chi connectivity index (χ2v) is 9.21. The van der Waals surface area contributed by atoms with Gasteiger partial charge in [0.25, 0.3) is 5.91 Å². The average Bonchev–Trinajstić information content (AvgIpc) is 3.56.